The lowest BCUT2D eigenvalue weighted by Gasteiger charge is -2.36. The van der Waals surface area contributed by atoms with E-state index in [1.807, 2.05) is 4.90 Å². The van der Waals surface area contributed by atoms with Gasteiger partial charge in [0.25, 0.3) is 5.91 Å². The van der Waals surface area contributed by atoms with Crippen LogP contribution in [0, 0.1) is 5.82 Å². The summed E-state index contributed by atoms with van der Waals surface area (Å²) in [7, 11) is -1.34. The number of halogens is 1. The molecule has 0 unspecified atom stereocenters. The minimum absolute atomic E-state index is 0.195. The van der Waals surface area contributed by atoms with Gasteiger partial charge in [0.1, 0.15) is 5.82 Å². The molecule has 6 nitrogen and oxygen atoms in total. The molecule has 0 aliphatic carbocycles. The first-order valence-corrected chi connectivity index (χ1v) is 10.4. The van der Waals surface area contributed by atoms with Crippen molar-refractivity contribution >= 4 is 28.4 Å². The highest BCUT2D eigenvalue weighted by Crippen LogP contribution is 2.20. The smallest absolute Gasteiger partial charge is 0.339 e. The number of benzene rings is 2. The first-order chi connectivity index (χ1) is 13.5. The Morgan fingerprint density at radius 3 is 2.36 bits per heavy atom. The number of ether oxygens (including phenoxy) is 1. The molecule has 2 aromatic carbocycles. The van der Waals surface area contributed by atoms with Crippen molar-refractivity contribution < 1.29 is 22.9 Å². The van der Waals surface area contributed by atoms with Gasteiger partial charge in [-0.25, -0.2) is 9.18 Å². The lowest BCUT2D eigenvalue weighted by molar-refractivity contribution is -0.134. The van der Waals surface area contributed by atoms with Gasteiger partial charge in [0.15, 0.2) is 6.61 Å². The van der Waals surface area contributed by atoms with Gasteiger partial charge < -0.3 is 14.5 Å². The molecule has 8 heteroatoms. The SMILES string of the molecule is C[S@](=O)c1ccccc1C(=O)OCC(=O)N1CCN(c2ccccc2F)CC1. The third kappa shape index (κ3) is 4.56. The zero-order valence-electron chi connectivity index (χ0n) is 15.5. The average Bonchev–Trinajstić information content (AvgIpc) is 2.72. The van der Waals surface area contributed by atoms with Crippen molar-refractivity contribution in [2.45, 2.75) is 4.90 Å². The Bertz CT molecular complexity index is 897. The zero-order chi connectivity index (χ0) is 20.1. The number of nitrogens with zero attached hydrogens (tertiary/aromatic N) is 2. The first-order valence-electron chi connectivity index (χ1n) is 8.84. The van der Waals surface area contributed by atoms with Gasteiger partial charge in [-0.1, -0.05) is 24.3 Å². The number of para-hydroxylation sites is 1. The van der Waals surface area contributed by atoms with Gasteiger partial charge in [-0.05, 0) is 24.3 Å². The molecule has 0 saturated carbocycles. The molecule has 1 atom stereocenters. The van der Waals surface area contributed by atoms with Gasteiger partial charge in [-0.3, -0.25) is 9.00 Å². The second-order valence-electron chi connectivity index (χ2n) is 6.35. The van der Waals surface area contributed by atoms with Crippen LogP contribution in [-0.2, 0) is 20.3 Å². The van der Waals surface area contributed by atoms with Crippen LogP contribution >= 0.6 is 0 Å². The van der Waals surface area contributed by atoms with E-state index >= 15 is 0 Å². The van der Waals surface area contributed by atoms with Gasteiger partial charge in [0.2, 0.25) is 0 Å². The molecule has 0 aromatic heterocycles. The number of carbonyl (C=O) groups excluding carboxylic acids is 2. The minimum atomic E-state index is -1.34. The van der Waals surface area contributed by atoms with E-state index in [-0.39, 0.29) is 23.9 Å². The molecule has 1 saturated heterocycles. The number of carbonyl (C=O) groups is 2. The Hall–Kier alpha value is -2.74. The van der Waals surface area contributed by atoms with E-state index in [2.05, 4.69) is 0 Å². The molecule has 1 aliphatic rings. The van der Waals surface area contributed by atoms with Gasteiger partial charge in [0, 0.05) is 32.4 Å². The first kappa shape index (κ1) is 20.0. The Labute approximate surface area is 165 Å². The maximum atomic E-state index is 13.9. The fraction of sp³-hybridized carbons (Fsp3) is 0.300. The number of esters is 1. The fourth-order valence-electron chi connectivity index (χ4n) is 3.09. The molecule has 2 aromatic rings. The Morgan fingerprint density at radius 1 is 1.04 bits per heavy atom. The lowest BCUT2D eigenvalue weighted by atomic mass is 10.2. The summed E-state index contributed by atoms with van der Waals surface area (Å²) in [5.41, 5.74) is 0.714. The molecule has 3 rings (SSSR count). The molecular formula is C20H21FN2O4S. The summed E-state index contributed by atoms with van der Waals surface area (Å²) < 4.78 is 30.7. The van der Waals surface area contributed by atoms with E-state index in [1.54, 1.807) is 41.3 Å². The van der Waals surface area contributed by atoms with Crippen molar-refractivity contribution in [1.82, 2.24) is 4.90 Å². The fourth-order valence-corrected chi connectivity index (χ4v) is 3.82. The summed E-state index contributed by atoms with van der Waals surface area (Å²) in [6.07, 6.45) is 1.48. The molecule has 28 heavy (non-hydrogen) atoms. The molecule has 0 radical (unpaired) electrons. The second kappa shape index (κ2) is 8.97. The zero-order valence-corrected chi connectivity index (χ0v) is 16.3. The summed E-state index contributed by atoms with van der Waals surface area (Å²) in [6.45, 7) is 1.44. The molecule has 0 N–H and O–H groups in total. The number of hydrogen-bond acceptors (Lipinski definition) is 5. The van der Waals surface area contributed by atoms with E-state index in [9.17, 15) is 18.2 Å². The summed E-state index contributed by atoms with van der Waals surface area (Å²) in [5.74, 6) is -1.27. The lowest BCUT2D eigenvalue weighted by Crippen LogP contribution is -2.50. The highest BCUT2D eigenvalue weighted by atomic mass is 32.2. The number of amides is 1. The molecule has 0 bridgehead atoms. The van der Waals surface area contributed by atoms with Crippen LogP contribution < -0.4 is 4.90 Å². The Kier molecular flexibility index (Phi) is 6.41. The van der Waals surface area contributed by atoms with Crippen LogP contribution in [0.5, 0.6) is 0 Å². The highest BCUT2D eigenvalue weighted by Gasteiger charge is 2.24. The standard InChI is InChI=1S/C20H21FN2O4S/c1-28(26)18-9-5-2-6-15(18)20(25)27-14-19(24)23-12-10-22(11-13-23)17-8-4-3-7-16(17)21/h2-9H,10-14H2,1H3/t28-/m0/s1. The van der Waals surface area contributed by atoms with Crippen molar-refractivity contribution in [2.24, 2.45) is 0 Å². The summed E-state index contributed by atoms with van der Waals surface area (Å²) in [5, 5.41) is 0. The predicted molar refractivity (Wildman–Crippen MR) is 104 cm³/mol. The van der Waals surface area contributed by atoms with Crippen LogP contribution in [0.25, 0.3) is 0 Å². The van der Waals surface area contributed by atoms with Gasteiger partial charge in [-0.15, -0.1) is 0 Å². The second-order valence-corrected chi connectivity index (χ2v) is 7.69. The topological polar surface area (TPSA) is 66.9 Å². The number of piperazine rings is 1. The van der Waals surface area contributed by atoms with E-state index in [0.29, 0.717) is 36.8 Å². The van der Waals surface area contributed by atoms with Crippen molar-refractivity contribution in [3.8, 4) is 0 Å². The van der Waals surface area contributed by atoms with Crippen molar-refractivity contribution in [3.63, 3.8) is 0 Å². The van der Waals surface area contributed by atoms with Crippen molar-refractivity contribution in [2.75, 3.05) is 43.9 Å². The number of anilines is 1. The normalized spacial score (nSPS) is 15.2. The number of rotatable bonds is 5. The van der Waals surface area contributed by atoms with Crippen molar-refractivity contribution in [3.05, 3.63) is 59.9 Å². The van der Waals surface area contributed by atoms with Crippen LogP contribution in [0.3, 0.4) is 0 Å². The number of hydrogen-bond donors (Lipinski definition) is 0. The molecular weight excluding hydrogens is 383 g/mol. The van der Waals surface area contributed by atoms with Crippen LogP contribution in [0.15, 0.2) is 53.4 Å². The molecule has 1 heterocycles. The van der Waals surface area contributed by atoms with Crippen LogP contribution in [-0.4, -0.2) is 60.0 Å². The third-order valence-electron chi connectivity index (χ3n) is 4.57. The van der Waals surface area contributed by atoms with Gasteiger partial charge in [-0.2, -0.15) is 0 Å². The summed E-state index contributed by atoms with van der Waals surface area (Å²) in [6, 6.07) is 13.0. The van der Waals surface area contributed by atoms with Crippen LogP contribution in [0.4, 0.5) is 10.1 Å². The monoisotopic (exact) mass is 404 g/mol. The van der Waals surface area contributed by atoms with Crippen LogP contribution in [0.2, 0.25) is 0 Å². The molecule has 148 valence electrons. The summed E-state index contributed by atoms with van der Waals surface area (Å²) >= 11 is 0. The molecule has 1 amide bonds. The molecule has 1 aliphatic heterocycles. The predicted octanol–water partition coefficient (Wildman–Crippen LogP) is 2.07. The van der Waals surface area contributed by atoms with E-state index in [1.165, 1.54) is 18.4 Å². The quantitative estimate of drug-likeness (QED) is 0.714. The van der Waals surface area contributed by atoms with E-state index < -0.39 is 16.8 Å². The molecule has 0 spiro atoms. The van der Waals surface area contributed by atoms with Gasteiger partial charge in [0.05, 0.1) is 26.9 Å². The minimum Gasteiger partial charge on any atom is -0.452 e. The third-order valence-corrected chi connectivity index (χ3v) is 5.54. The highest BCUT2D eigenvalue weighted by molar-refractivity contribution is 7.84. The van der Waals surface area contributed by atoms with E-state index in [0.717, 1.165) is 0 Å². The maximum absolute atomic E-state index is 13.9. The van der Waals surface area contributed by atoms with E-state index in [4.69, 9.17) is 4.74 Å². The summed E-state index contributed by atoms with van der Waals surface area (Å²) in [4.78, 5) is 28.5. The van der Waals surface area contributed by atoms with Crippen molar-refractivity contribution in [1.29, 1.82) is 0 Å². The van der Waals surface area contributed by atoms with Crippen LogP contribution in [0.1, 0.15) is 10.4 Å². The average molecular weight is 404 g/mol. The maximum Gasteiger partial charge on any atom is 0.339 e. The molecule has 1 fully saturated rings. The largest absolute Gasteiger partial charge is 0.452 e. The van der Waals surface area contributed by atoms with Gasteiger partial charge >= 0.3 is 5.97 Å². The Morgan fingerprint density at radius 2 is 1.68 bits per heavy atom. The Balaban J connectivity index is 1.53.